The lowest BCUT2D eigenvalue weighted by atomic mass is 10.0. The Morgan fingerprint density at radius 3 is 2.19 bits per heavy atom. The molecule has 0 aliphatic rings. The molecule has 2 N–H and O–H groups in total. The van der Waals surface area contributed by atoms with E-state index >= 15 is 0 Å². The van der Waals surface area contributed by atoms with Crippen molar-refractivity contribution in [3.8, 4) is 0 Å². The first kappa shape index (κ1) is 15.6. The van der Waals surface area contributed by atoms with Gasteiger partial charge in [0.2, 0.25) is 0 Å². The van der Waals surface area contributed by atoms with Crippen LogP contribution in [0, 0.1) is 0 Å². The molecule has 0 aliphatic heterocycles. The molecule has 0 bridgehead atoms. The Morgan fingerprint density at radius 2 is 1.88 bits per heavy atom. The first-order valence-corrected chi connectivity index (χ1v) is 6.50. The third-order valence-electron chi connectivity index (χ3n) is 2.24. The van der Waals surface area contributed by atoms with Crippen LogP contribution in [-0.2, 0) is 4.74 Å². The van der Waals surface area contributed by atoms with Crippen LogP contribution in [0.4, 0.5) is 4.79 Å². The summed E-state index contributed by atoms with van der Waals surface area (Å²) in [5.74, 6) is 0. The summed E-state index contributed by atoms with van der Waals surface area (Å²) in [6.07, 6.45) is 1.45. The molecular weight excluding hydrogens is 226 g/mol. The summed E-state index contributed by atoms with van der Waals surface area (Å²) in [5, 5.41) is 11.9. The van der Waals surface area contributed by atoms with Crippen molar-refractivity contribution >= 4 is 17.9 Å². The van der Waals surface area contributed by atoms with Crippen LogP contribution >= 0.6 is 11.8 Å². The molecule has 0 spiro atoms. The Morgan fingerprint density at radius 1 is 1.38 bits per heavy atom. The van der Waals surface area contributed by atoms with E-state index in [1.165, 1.54) is 0 Å². The summed E-state index contributed by atoms with van der Waals surface area (Å²) in [4.78, 5) is 11.5. The Balaban J connectivity index is 4.40. The highest BCUT2D eigenvalue weighted by Gasteiger charge is 2.30. The van der Waals surface area contributed by atoms with Gasteiger partial charge in [-0.3, -0.25) is 0 Å². The highest BCUT2D eigenvalue weighted by atomic mass is 32.2. The predicted molar refractivity (Wildman–Crippen MR) is 67.8 cm³/mol. The van der Waals surface area contributed by atoms with Gasteiger partial charge >= 0.3 is 6.09 Å². The van der Waals surface area contributed by atoms with E-state index in [-0.39, 0.29) is 17.4 Å². The molecule has 0 radical (unpaired) electrons. The van der Waals surface area contributed by atoms with Crippen LogP contribution in [0.15, 0.2) is 0 Å². The standard InChI is InChI=1S/C11H23NO3S/c1-10(2,3)15-9(14)12-8(7-13)11(4,5)16-6/h8,13H,7H2,1-6H3,(H,12,14). The van der Waals surface area contributed by atoms with E-state index < -0.39 is 11.7 Å². The average Bonchev–Trinajstić information content (AvgIpc) is 2.11. The summed E-state index contributed by atoms with van der Waals surface area (Å²) < 4.78 is 4.91. The first-order valence-electron chi connectivity index (χ1n) is 5.28. The molecule has 0 aromatic rings. The molecule has 4 nitrogen and oxygen atoms in total. The van der Waals surface area contributed by atoms with Crippen LogP contribution in [0.5, 0.6) is 0 Å². The normalized spacial score (nSPS) is 14.4. The fraction of sp³-hybridized carbons (Fsp3) is 0.909. The molecule has 0 aliphatic carbocycles. The number of carbonyl (C=O) groups is 1. The zero-order valence-corrected chi connectivity index (χ0v) is 11.8. The maximum atomic E-state index is 11.5. The number of aliphatic hydroxyl groups excluding tert-OH is 1. The fourth-order valence-electron chi connectivity index (χ4n) is 1.03. The molecule has 0 saturated carbocycles. The van der Waals surface area contributed by atoms with Crippen LogP contribution in [-0.4, -0.2) is 40.5 Å². The van der Waals surface area contributed by atoms with Crippen molar-refractivity contribution in [2.75, 3.05) is 12.9 Å². The summed E-state index contributed by atoms with van der Waals surface area (Å²) in [7, 11) is 0. The summed E-state index contributed by atoms with van der Waals surface area (Å²) in [6, 6.07) is -0.322. The smallest absolute Gasteiger partial charge is 0.407 e. The lowest BCUT2D eigenvalue weighted by Gasteiger charge is -2.32. The van der Waals surface area contributed by atoms with Gasteiger partial charge in [-0.15, -0.1) is 0 Å². The third-order valence-corrected chi connectivity index (χ3v) is 3.58. The lowest BCUT2D eigenvalue weighted by Crippen LogP contribution is -2.50. The van der Waals surface area contributed by atoms with Gasteiger partial charge < -0.3 is 15.2 Å². The van der Waals surface area contributed by atoms with Gasteiger partial charge in [0.25, 0.3) is 0 Å². The van der Waals surface area contributed by atoms with Crippen molar-refractivity contribution in [2.45, 2.75) is 51.0 Å². The first-order chi connectivity index (χ1) is 7.12. The molecule has 1 unspecified atom stereocenters. The summed E-state index contributed by atoms with van der Waals surface area (Å²) >= 11 is 1.59. The minimum atomic E-state index is -0.520. The van der Waals surface area contributed by atoms with Crippen LogP contribution < -0.4 is 5.32 Å². The molecular formula is C11H23NO3S. The minimum absolute atomic E-state index is 0.104. The number of ether oxygens (including phenoxy) is 1. The van der Waals surface area contributed by atoms with Gasteiger partial charge in [-0.1, -0.05) is 0 Å². The van der Waals surface area contributed by atoms with Crippen molar-refractivity contribution in [3.63, 3.8) is 0 Å². The number of aliphatic hydroxyl groups is 1. The van der Waals surface area contributed by atoms with Crippen LogP contribution in [0.25, 0.3) is 0 Å². The van der Waals surface area contributed by atoms with Crippen molar-refractivity contribution in [1.29, 1.82) is 0 Å². The minimum Gasteiger partial charge on any atom is -0.444 e. The largest absolute Gasteiger partial charge is 0.444 e. The van der Waals surface area contributed by atoms with Crippen LogP contribution in [0.1, 0.15) is 34.6 Å². The quantitative estimate of drug-likeness (QED) is 0.800. The topological polar surface area (TPSA) is 58.6 Å². The Hall–Kier alpha value is -0.420. The van der Waals surface area contributed by atoms with Crippen LogP contribution in [0.3, 0.4) is 0 Å². The molecule has 0 heterocycles. The molecule has 1 amide bonds. The van der Waals surface area contributed by atoms with Gasteiger partial charge in [0, 0.05) is 4.75 Å². The second-order valence-corrected chi connectivity index (χ2v) is 6.65. The predicted octanol–water partition coefficient (Wildman–Crippen LogP) is 2.01. The van der Waals surface area contributed by atoms with Crippen molar-refractivity contribution in [1.82, 2.24) is 5.32 Å². The highest BCUT2D eigenvalue weighted by Crippen LogP contribution is 2.25. The number of thioether (sulfide) groups is 1. The van der Waals surface area contributed by atoms with E-state index in [4.69, 9.17) is 4.74 Å². The molecule has 0 saturated heterocycles. The molecule has 0 aromatic carbocycles. The second-order valence-electron chi connectivity index (χ2n) is 5.19. The summed E-state index contributed by atoms with van der Waals surface area (Å²) in [6.45, 7) is 9.25. The maximum absolute atomic E-state index is 11.5. The number of hydrogen-bond donors (Lipinski definition) is 2. The molecule has 96 valence electrons. The van der Waals surface area contributed by atoms with E-state index in [2.05, 4.69) is 5.32 Å². The van der Waals surface area contributed by atoms with Crippen molar-refractivity contribution in [2.24, 2.45) is 0 Å². The number of rotatable bonds is 4. The Bertz CT molecular complexity index is 236. The average molecular weight is 249 g/mol. The van der Waals surface area contributed by atoms with Gasteiger partial charge in [0.05, 0.1) is 12.6 Å². The zero-order chi connectivity index (χ0) is 13.0. The van der Waals surface area contributed by atoms with E-state index in [0.29, 0.717) is 0 Å². The van der Waals surface area contributed by atoms with E-state index in [1.807, 2.05) is 20.1 Å². The van der Waals surface area contributed by atoms with Gasteiger partial charge in [-0.2, -0.15) is 11.8 Å². The molecule has 0 fully saturated rings. The highest BCUT2D eigenvalue weighted by molar-refractivity contribution is 8.00. The fourth-order valence-corrected chi connectivity index (χ4v) is 1.45. The monoisotopic (exact) mass is 249 g/mol. The van der Waals surface area contributed by atoms with E-state index in [9.17, 15) is 9.90 Å². The molecule has 0 rings (SSSR count). The molecule has 0 aromatic heterocycles. The second kappa shape index (κ2) is 5.77. The van der Waals surface area contributed by atoms with Gasteiger partial charge in [-0.05, 0) is 40.9 Å². The Labute approximate surface area is 102 Å². The zero-order valence-electron chi connectivity index (χ0n) is 11.0. The number of hydrogen-bond acceptors (Lipinski definition) is 4. The van der Waals surface area contributed by atoms with Crippen molar-refractivity contribution < 1.29 is 14.6 Å². The molecule has 1 atom stereocenters. The third kappa shape index (κ3) is 5.61. The van der Waals surface area contributed by atoms with Crippen LogP contribution in [0.2, 0.25) is 0 Å². The van der Waals surface area contributed by atoms with Gasteiger partial charge in [-0.25, -0.2) is 4.79 Å². The Kier molecular flexibility index (Phi) is 5.62. The van der Waals surface area contributed by atoms with Gasteiger partial charge in [0.1, 0.15) is 5.60 Å². The SMILES string of the molecule is CSC(C)(C)C(CO)NC(=O)OC(C)(C)C. The number of alkyl carbamates (subject to hydrolysis) is 1. The van der Waals surface area contributed by atoms with Crippen molar-refractivity contribution in [3.05, 3.63) is 0 Å². The number of carbonyl (C=O) groups excluding carboxylic acids is 1. The maximum Gasteiger partial charge on any atom is 0.407 e. The number of amides is 1. The molecule has 16 heavy (non-hydrogen) atoms. The number of nitrogens with one attached hydrogen (secondary N) is 1. The van der Waals surface area contributed by atoms with E-state index in [1.54, 1.807) is 32.5 Å². The summed E-state index contributed by atoms with van der Waals surface area (Å²) in [5.41, 5.74) is -0.520. The lowest BCUT2D eigenvalue weighted by molar-refractivity contribution is 0.0470. The molecule has 5 heteroatoms. The van der Waals surface area contributed by atoms with Gasteiger partial charge in [0.15, 0.2) is 0 Å². The van der Waals surface area contributed by atoms with E-state index in [0.717, 1.165) is 0 Å².